The van der Waals surface area contributed by atoms with E-state index in [0.29, 0.717) is 0 Å². The first-order valence-electron chi connectivity index (χ1n) is 8.14. The fourth-order valence-corrected chi connectivity index (χ4v) is 3.47. The van der Waals surface area contributed by atoms with Crippen LogP contribution in [0.5, 0.6) is 0 Å². The highest BCUT2D eigenvalue weighted by atomic mass is 32.1. The minimum atomic E-state index is -1.54. The van der Waals surface area contributed by atoms with Gasteiger partial charge in [-0.3, -0.25) is 14.9 Å². The summed E-state index contributed by atoms with van der Waals surface area (Å²) in [6.07, 6.45) is -5.45. The van der Waals surface area contributed by atoms with Gasteiger partial charge in [0.2, 0.25) is 5.78 Å². The minimum Gasteiger partial charge on any atom is -0.394 e. The quantitative estimate of drug-likeness (QED) is 0.236. The van der Waals surface area contributed by atoms with Gasteiger partial charge in [-0.15, -0.1) is 0 Å². The summed E-state index contributed by atoms with van der Waals surface area (Å²) < 4.78 is 5.32. The number of hydrogen-bond donors (Lipinski definition) is 5. The summed E-state index contributed by atoms with van der Waals surface area (Å²) in [5.74, 6) is -0.394. The molecule has 1 aliphatic rings. The molecule has 28 heavy (non-hydrogen) atoms. The molecular weight excluding hydrogens is 394 g/mol. The normalized spacial score (nSPS) is 27.4. The van der Waals surface area contributed by atoms with Crippen molar-refractivity contribution in [2.45, 2.75) is 30.6 Å². The molecule has 2 heterocycles. The number of carbonyl (C=O) groups excluding carboxylic acids is 1. The van der Waals surface area contributed by atoms with E-state index in [1.54, 1.807) is 0 Å². The van der Waals surface area contributed by atoms with Gasteiger partial charge in [0.1, 0.15) is 24.4 Å². The molecule has 2 aromatic rings. The minimum absolute atomic E-state index is 0.133. The van der Waals surface area contributed by atoms with Crippen LogP contribution >= 0.6 is 11.3 Å². The van der Waals surface area contributed by atoms with Gasteiger partial charge in [-0.25, -0.2) is 4.98 Å². The maximum atomic E-state index is 12.5. The Balaban J connectivity index is 1.71. The topological polar surface area (TPSA) is 175 Å². The Labute approximate surface area is 162 Å². The number of rotatable bonds is 6. The second kappa shape index (κ2) is 8.26. The molecule has 3 rings (SSSR count). The average molecular weight is 411 g/mol. The molecule has 1 aliphatic heterocycles. The monoisotopic (exact) mass is 411 g/mol. The lowest BCUT2D eigenvalue weighted by atomic mass is 9.98. The first-order chi connectivity index (χ1) is 13.3. The molecule has 5 N–H and O–H groups in total. The molecule has 1 saturated heterocycles. The molecule has 0 amide bonds. The van der Waals surface area contributed by atoms with Crippen LogP contribution in [0.15, 0.2) is 30.5 Å². The highest BCUT2D eigenvalue weighted by Gasteiger charge is 2.43. The maximum Gasteiger partial charge on any atom is 0.269 e. The van der Waals surface area contributed by atoms with E-state index in [9.17, 15) is 35.3 Å². The lowest BCUT2D eigenvalue weighted by Crippen LogP contribution is -2.60. The van der Waals surface area contributed by atoms with Crippen molar-refractivity contribution in [3.63, 3.8) is 0 Å². The van der Waals surface area contributed by atoms with Gasteiger partial charge >= 0.3 is 0 Å². The first kappa shape index (κ1) is 20.3. The number of aromatic nitrogens is 1. The summed E-state index contributed by atoms with van der Waals surface area (Å²) in [4.78, 5) is 26.8. The zero-order valence-electron chi connectivity index (χ0n) is 14.2. The number of thiazole rings is 1. The van der Waals surface area contributed by atoms with Crippen LogP contribution in [0.4, 0.5) is 10.8 Å². The molecule has 0 saturated carbocycles. The molecule has 2 unspecified atom stereocenters. The van der Waals surface area contributed by atoms with Crippen molar-refractivity contribution in [3.05, 3.63) is 51.0 Å². The summed E-state index contributed by atoms with van der Waals surface area (Å²) in [5, 5.41) is 52.4. The molecule has 11 nitrogen and oxygen atoms in total. The van der Waals surface area contributed by atoms with Crippen LogP contribution in [0.2, 0.25) is 0 Å². The number of aliphatic hydroxyl groups excluding tert-OH is 4. The van der Waals surface area contributed by atoms with Crippen LogP contribution < -0.4 is 5.32 Å². The number of nitrogens with one attached hydrogen (secondary N) is 1. The third-order valence-electron chi connectivity index (χ3n) is 4.23. The predicted octanol–water partition coefficient (Wildman–Crippen LogP) is -0.506. The van der Waals surface area contributed by atoms with Gasteiger partial charge in [0.15, 0.2) is 11.4 Å². The zero-order valence-corrected chi connectivity index (χ0v) is 15.0. The van der Waals surface area contributed by atoms with E-state index in [1.807, 2.05) is 0 Å². The van der Waals surface area contributed by atoms with Gasteiger partial charge in [-0.2, -0.15) is 0 Å². The van der Waals surface area contributed by atoms with Gasteiger partial charge in [-0.05, 0) is 12.1 Å². The van der Waals surface area contributed by atoms with E-state index in [4.69, 9.17) is 4.74 Å². The largest absolute Gasteiger partial charge is 0.394 e. The molecule has 1 fully saturated rings. The predicted molar refractivity (Wildman–Crippen MR) is 96.0 cm³/mol. The van der Waals surface area contributed by atoms with Crippen LogP contribution in [-0.4, -0.2) is 73.4 Å². The molecule has 150 valence electrons. The van der Waals surface area contributed by atoms with Crippen molar-refractivity contribution in [2.75, 3.05) is 11.9 Å². The molecule has 12 heteroatoms. The SMILES string of the molecule is O=C(c1ccc([N+](=O)[O-])cc1)c1cnc(N[C@H]2OC(CO)[C@@H](O)C(O)[C@H]2O)s1. The number of anilines is 1. The second-order valence-corrected chi connectivity index (χ2v) is 7.09. The van der Waals surface area contributed by atoms with Crippen LogP contribution in [0, 0.1) is 10.1 Å². The third kappa shape index (κ3) is 4.01. The summed E-state index contributed by atoms with van der Waals surface area (Å²) in [6.45, 7) is -0.565. The molecule has 0 spiro atoms. The molecule has 0 bridgehead atoms. The standard InChI is InChI=1S/C16H17N3O8S/c20-6-9-12(22)13(23)14(24)15(27-9)18-16-17-5-10(28-16)11(21)7-1-3-8(4-2-7)19(25)26/h1-5,9,12-15,20,22-24H,6H2,(H,17,18)/t9?,12-,13?,14-,15+/m1/s1. The van der Waals surface area contributed by atoms with Crippen molar-refractivity contribution >= 4 is 27.9 Å². The number of nitrogens with zero attached hydrogens (tertiary/aromatic N) is 2. The summed E-state index contributed by atoms with van der Waals surface area (Å²) in [5.41, 5.74) is 0.111. The Morgan fingerprint density at radius 3 is 2.50 bits per heavy atom. The highest BCUT2D eigenvalue weighted by Crippen LogP contribution is 2.27. The van der Waals surface area contributed by atoms with E-state index in [-0.39, 0.29) is 21.3 Å². The van der Waals surface area contributed by atoms with Crippen molar-refractivity contribution in [1.29, 1.82) is 0 Å². The second-order valence-electron chi connectivity index (χ2n) is 6.06. The number of carbonyl (C=O) groups is 1. The number of aliphatic hydroxyl groups is 4. The molecule has 0 aliphatic carbocycles. The molecule has 5 atom stereocenters. The van der Waals surface area contributed by atoms with Gasteiger partial charge in [0.25, 0.3) is 5.69 Å². The summed E-state index contributed by atoms with van der Waals surface area (Å²) in [6, 6.07) is 5.12. The van der Waals surface area contributed by atoms with Gasteiger partial charge in [0, 0.05) is 17.7 Å². The van der Waals surface area contributed by atoms with E-state index in [1.165, 1.54) is 30.5 Å². The van der Waals surface area contributed by atoms with E-state index in [2.05, 4.69) is 10.3 Å². The lowest BCUT2D eigenvalue weighted by molar-refractivity contribution is -0.384. The van der Waals surface area contributed by atoms with Crippen molar-refractivity contribution < 1.29 is 34.9 Å². The number of nitro groups is 1. The Hall–Kier alpha value is -2.48. The number of ether oxygens (including phenoxy) is 1. The number of ketones is 1. The first-order valence-corrected chi connectivity index (χ1v) is 8.95. The van der Waals surface area contributed by atoms with Crippen molar-refractivity contribution in [1.82, 2.24) is 4.98 Å². The van der Waals surface area contributed by atoms with Gasteiger partial charge in [-0.1, -0.05) is 11.3 Å². The van der Waals surface area contributed by atoms with Crippen molar-refractivity contribution in [2.24, 2.45) is 0 Å². The third-order valence-corrected chi connectivity index (χ3v) is 5.16. The van der Waals surface area contributed by atoms with E-state index >= 15 is 0 Å². The zero-order chi connectivity index (χ0) is 20.4. The Kier molecular flexibility index (Phi) is 5.98. The fourth-order valence-electron chi connectivity index (χ4n) is 2.67. The number of hydrogen-bond acceptors (Lipinski definition) is 11. The van der Waals surface area contributed by atoms with Crippen molar-refractivity contribution in [3.8, 4) is 0 Å². The fraction of sp³-hybridized carbons (Fsp3) is 0.375. The number of nitro benzene ring substituents is 1. The highest BCUT2D eigenvalue weighted by molar-refractivity contribution is 7.17. The Bertz CT molecular complexity index is 856. The van der Waals surface area contributed by atoms with Crippen LogP contribution in [-0.2, 0) is 4.74 Å². The molecule has 1 aromatic carbocycles. The Morgan fingerprint density at radius 2 is 1.89 bits per heavy atom. The maximum absolute atomic E-state index is 12.5. The van der Waals surface area contributed by atoms with E-state index < -0.39 is 48.0 Å². The number of non-ortho nitro benzene ring substituents is 1. The number of benzene rings is 1. The molecular formula is C16H17N3O8S. The molecule has 0 radical (unpaired) electrons. The van der Waals surface area contributed by atoms with Crippen LogP contribution in [0.3, 0.4) is 0 Å². The van der Waals surface area contributed by atoms with Crippen LogP contribution in [0.25, 0.3) is 0 Å². The Morgan fingerprint density at radius 1 is 1.21 bits per heavy atom. The summed E-state index contributed by atoms with van der Waals surface area (Å²) >= 11 is 0.949. The smallest absolute Gasteiger partial charge is 0.269 e. The van der Waals surface area contributed by atoms with Crippen LogP contribution in [0.1, 0.15) is 15.2 Å². The lowest BCUT2D eigenvalue weighted by Gasteiger charge is -2.40. The average Bonchev–Trinajstić information content (AvgIpc) is 3.16. The van der Waals surface area contributed by atoms with E-state index in [0.717, 1.165) is 11.3 Å². The molecule has 1 aromatic heterocycles. The van der Waals surface area contributed by atoms with Gasteiger partial charge in [0.05, 0.1) is 22.6 Å². The summed E-state index contributed by atoms with van der Waals surface area (Å²) in [7, 11) is 0. The van der Waals surface area contributed by atoms with Gasteiger partial charge < -0.3 is 30.5 Å².